The van der Waals surface area contributed by atoms with Crippen molar-refractivity contribution in [2.45, 2.75) is 25.8 Å². The molecule has 1 N–H and O–H groups in total. The SMILES string of the molecule is COc1ccc([N+](=O)[O-])c(C(=O)N[C@H](C)CCc2cccn2C)c1. The number of aryl methyl sites for hydroxylation is 2. The van der Waals surface area contributed by atoms with Crippen LogP contribution >= 0.6 is 0 Å². The molecular weight excluding hydrogens is 310 g/mol. The van der Waals surface area contributed by atoms with Gasteiger partial charge in [-0.2, -0.15) is 0 Å². The standard InChI is InChI=1S/C17H21N3O4/c1-12(6-7-13-5-4-10-19(13)2)18-17(21)15-11-14(24-3)8-9-16(15)20(22)23/h4-5,8-12H,6-7H2,1-3H3,(H,18,21)/t12-/m1/s1. The summed E-state index contributed by atoms with van der Waals surface area (Å²) in [6.07, 6.45) is 3.52. The third kappa shape index (κ3) is 4.13. The minimum Gasteiger partial charge on any atom is -0.497 e. The van der Waals surface area contributed by atoms with Crippen molar-refractivity contribution in [1.29, 1.82) is 0 Å². The molecule has 0 spiro atoms. The quantitative estimate of drug-likeness (QED) is 0.624. The third-order valence-corrected chi connectivity index (χ3v) is 3.91. The third-order valence-electron chi connectivity index (χ3n) is 3.91. The van der Waals surface area contributed by atoms with E-state index in [2.05, 4.69) is 5.32 Å². The van der Waals surface area contributed by atoms with Crippen LogP contribution in [0, 0.1) is 10.1 Å². The van der Waals surface area contributed by atoms with Crippen molar-refractivity contribution in [3.05, 3.63) is 57.9 Å². The van der Waals surface area contributed by atoms with Gasteiger partial charge in [-0.05, 0) is 44.0 Å². The molecule has 24 heavy (non-hydrogen) atoms. The molecule has 0 aliphatic carbocycles. The van der Waals surface area contributed by atoms with Crippen molar-refractivity contribution >= 4 is 11.6 Å². The molecule has 128 valence electrons. The zero-order chi connectivity index (χ0) is 17.7. The number of nitrogens with zero attached hydrogens (tertiary/aromatic N) is 2. The molecule has 0 bridgehead atoms. The van der Waals surface area contributed by atoms with Crippen LogP contribution in [0.15, 0.2) is 36.5 Å². The Bertz CT molecular complexity index is 739. The molecular formula is C17H21N3O4. The first kappa shape index (κ1) is 17.5. The molecule has 0 fully saturated rings. The number of nitro benzene ring substituents is 1. The van der Waals surface area contributed by atoms with E-state index in [1.165, 1.54) is 31.0 Å². The Morgan fingerprint density at radius 1 is 1.42 bits per heavy atom. The van der Waals surface area contributed by atoms with E-state index < -0.39 is 10.8 Å². The Morgan fingerprint density at radius 3 is 2.75 bits per heavy atom. The molecule has 0 aliphatic rings. The molecule has 1 heterocycles. The maximum Gasteiger partial charge on any atom is 0.282 e. The lowest BCUT2D eigenvalue weighted by Gasteiger charge is -2.14. The summed E-state index contributed by atoms with van der Waals surface area (Å²) in [5, 5.41) is 13.9. The van der Waals surface area contributed by atoms with Gasteiger partial charge in [0, 0.05) is 31.0 Å². The van der Waals surface area contributed by atoms with E-state index in [1.54, 1.807) is 0 Å². The van der Waals surface area contributed by atoms with E-state index in [0.29, 0.717) is 5.75 Å². The number of aromatic nitrogens is 1. The highest BCUT2D eigenvalue weighted by atomic mass is 16.6. The Morgan fingerprint density at radius 2 is 2.17 bits per heavy atom. The number of rotatable bonds is 7. The topological polar surface area (TPSA) is 86.4 Å². The first-order chi connectivity index (χ1) is 11.4. The van der Waals surface area contributed by atoms with Gasteiger partial charge in [0.1, 0.15) is 11.3 Å². The fourth-order valence-corrected chi connectivity index (χ4v) is 2.48. The Hall–Kier alpha value is -2.83. The van der Waals surface area contributed by atoms with E-state index in [-0.39, 0.29) is 17.3 Å². The van der Waals surface area contributed by atoms with Crippen molar-refractivity contribution < 1.29 is 14.5 Å². The maximum absolute atomic E-state index is 12.4. The summed E-state index contributed by atoms with van der Waals surface area (Å²) in [5.41, 5.74) is 0.941. The van der Waals surface area contributed by atoms with Crippen LogP contribution in [0.5, 0.6) is 5.75 Å². The number of hydrogen-bond donors (Lipinski definition) is 1. The van der Waals surface area contributed by atoms with E-state index in [9.17, 15) is 14.9 Å². The molecule has 1 atom stereocenters. The lowest BCUT2D eigenvalue weighted by molar-refractivity contribution is -0.385. The molecule has 1 aromatic carbocycles. The molecule has 2 aromatic rings. The highest BCUT2D eigenvalue weighted by Crippen LogP contribution is 2.24. The van der Waals surface area contributed by atoms with Gasteiger partial charge in [0.2, 0.25) is 0 Å². The number of methoxy groups -OCH3 is 1. The van der Waals surface area contributed by atoms with Crippen LogP contribution in [0.4, 0.5) is 5.69 Å². The van der Waals surface area contributed by atoms with E-state index in [4.69, 9.17) is 4.74 Å². The molecule has 7 nitrogen and oxygen atoms in total. The van der Waals surface area contributed by atoms with Crippen molar-refractivity contribution in [2.24, 2.45) is 7.05 Å². The Balaban J connectivity index is 2.05. The van der Waals surface area contributed by atoms with Crippen LogP contribution in [0.3, 0.4) is 0 Å². The Kier molecular flexibility index (Phi) is 5.57. The number of nitrogens with one attached hydrogen (secondary N) is 1. The number of amides is 1. The minimum absolute atomic E-state index is 0.00469. The van der Waals surface area contributed by atoms with E-state index in [0.717, 1.165) is 12.8 Å². The Labute approximate surface area is 140 Å². The van der Waals surface area contributed by atoms with E-state index in [1.807, 2.05) is 36.9 Å². The second kappa shape index (κ2) is 7.63. The largest absolute Gasteiger partial charge is 0.497 e. The van der Waals surface area contributed by atoms with Gasteiger partial charge in [-0.3, -0.25) is 14.9 Å². The number of carbonyl (C=O) groups excluding carboxylic acids is 1. The molecule has 0 radical (unpaired) electrons. The van der Waals surface area contributed by atoms with Crippen LogP contribution in [0.1, 0.15) is 29.4 Å². The van der Waals surface area contributed by atoms with Gasteiger partial charge in [0.25, 0.3) is 11.6 Å². The number of ether oxygens (including phenoxy) is 1. The van der Waals surface area contributed by atoms with Crippen LogP contribution < -0.4 is 10.1 Å². The molecule has 0 unspecified atom stereocenters. The van der Waals surface area contributed by atoms with Crippen LogP contribution in [-0.4, -0.2) is 28.5 Å². The lowest BCUT2D eigenvalue weighted by atomic mass is 10.1. The van der Waals surface area contributed by atoms with Crippen LogP contribution in [0.25, 0.3) is 0 Å². The predicted molar refractivity (Wildman–Crippen MR) is 90.3 cm³/mol. The van der Waals surface area contributed by atoms with Gasteiger partial charge >= 0.3 is 0 Å². The van der Waals surface area contributed by atoms with Crippen molar-refractivity contribution in [1.82, 2.24) is 9.88 Å². The second-order valence-electron chi connectivity index (χ2n) is 5.66. The van der Waals surface area contributed by atoms with Gasteiger partial charge in [-0.1, -0.05) is 0 Å². The first-order valence-corrected chi connectivity index (χ1v) is 7.66. The van der Waals surface area contributed by atoms with Gasteiger partial charge in [-0.25, -0.2) is 0 Å². The molecule has 0 saturated carbocycles. The lowest BCUT2D eigenvalue weighted by Crippen LogP contribution is -2.33. The summed E-state index contributed by atoms with van der Waals surface area (Å²) in [4.78, 5) is 22.9. The molecule has 2 rings (SSSR count). The maximum atomic E-state index is 12.4. The monoisotopic (exact) mass is 331 g/mol. The minimum atomic E-state index is -0.566. The zero-order valence-electron chi connectivity index (χ0n) is 14.0. The smallest absolute Gasteiger partial charge is 0.282 e. The summed E-state index contributed by atoms with van der Waals surface area (Å²) < 4.78 is 7.08. The number of carbonyl (C=O) groups is 1. The summed E-state index contributed by atoms with van der Waals surface area (Å²) in [6.45, 7) is 1.88. The number of benzene rings is 1. The molecule has 0 aliphatic heterocycles. The van der Waals surface area contributed by atoms with Crippen LogP contribution in [-0.2, 0) is 13.5 Å². The van der Waals surface area contributed by atoms with Crippen molar-refractivity contribution in [3.8, 4) is 5.75 Å². The normalized spacial score (nSPS) is 11.8. The molecule has 1 amide bonds. The summed E-state index contributed by atoms with van der Waals surface area (Å²) >= 11 is 0. The fraction of sp³-hybridized carbons (Fsp3) is 0.353. The molecule has 1 aromatic heterocycles. The summed E-state index contributed by atoms with van der Waals surface area (Å²) in [7, 11) is 3.42. The fourth-order valence-electron chi connectivity index (χ4n) is 2.48. The highest BCUT2D eigenvalue weighted by molar-refractivity contribution is 5.98. The van der Waals surface area contributed by atoms with Crippen molar-refractivity contribution in [2.75, 3.05) is 7.11 Å². The first-order valence-electron chi connectivity index (χ1n) is 7.66. The van der Waals surface area contributed by atoms with Crippen LogP contribution in [0.2, 0.25) is 0 Å². The zero-order valence-corrected chi connectivity index (χ0v) is 14.0. The van der Waals surface area contributed by atoms with Gasteiger partial charge < -0.3 is 14.6 Å². The predicted octanol–water partition coefficient (Wildman–Crippen LogP) is 2.69. The number of nitro groups is 1. The molecule has 7 heteroatoms. The van der Waals surface area contributed by atoms with Gasteiger partial charge in [-0.15, -0.1) is 0 Å². The van der Waals surface area contributed by atoms with Gasteiger partial charge in [0.05, 0.1) is 12.0 Å². The summed E-state index contributed by atoms with van der Waals surface area (Å²) in [6, 6.07) is 8.02. The molecule has 0 saturated heterocycles. The number of hydrogen-bond acceptors (Lipinski definition) is 4. The van der Waals surface area contributed by atoms with Crippen molar-refractivity contribution in [3.63, 3.8) is 0 Å². The summed E-state index contributed by atoms with van der Waals surface area (Å²) in [5.74, 6) is -0.0674. The second-order valence-corrected chi connectivity index (χ2v) is 5.66. The van der Waals surface area contributed by atoms with E-state index >= 15 is 0 Å². The highest BCUT2D eigenvalue weighted by Gasteiger charge is 2.22. The average molecular weight is 331 g/mol. The van der Waals surface area contributed by atoms with Gasteiger partial charge in [0.15, 0.2) is 0 Å². The average Bonchev–Trinajstić information content (AvgIpc) is 2.97.